The fraction of sp³-hybridized carbons (Fsp3) is 0.667. The molecule has 1 aromatic carbocycles. The van der Waals surface area contributed by atoms with Crippen molar-refractivity contribution in [2.45, 2.75) is 57.5 Å². The Morgan fingerprint density at radius 2 is 1.92 bits per heavy atom. The second-order valence-corrected chi connectivity index (χ2v) is 8.26. The summed E-state index contributed by atoms with van der Waals surface area (Å²) in [5, 5.41) is 4.19. The molecule has 5 heteroatoms. The second-order valence-electron chi connectivity index (χ2n) is 7.87. The van der Waals surface area contributed by atoms with Crippen molar-refractivity contribution in [1.29, 1.82) is 0 Å². The molecule has 0 unspecified atom stereocenters. The molecule has 2 aliphatic rings. The third-order valence-electron chi connectivity index (χ3n) is 6.24. The molecule has 0 radical (unpaired) electrons. The van der Waals surface area contributed by atoms with Crippen molar-refractivity contribution in [2.75, 3.05) is 32.6 Å². The lowest BCUT2D eigenvalue weighted by Crippen LogP contribution is -2.51. The molecule has 144 valence electrons. The molecule has 4 nitrogen and oxygen atoms in total. The van der Waals surface area contributed by atoms with Crippen molar-refractivity contribution in [3.05, 3.63) is 24.3 Å². The van der Waals surface area contributed by atoms with Crippen LogP contribution in [0, 0.1) is 5.92 Å². The highest BCUT2D eigenvalue weighted by molar-refractivity contribution is 7.80. The smallest absolute Gasteiger partial charge is 0.173 e. The zero-order valence-electron chi connectivity index (χ0n) is 16.4. The third-order valence-corrected chi connectivity index (χ3v) is 6.60. The normalized spacial score (nSPS) is 24.5. The zero-order valence-corrected chi connectivity index (χ0v) is 17.2. The number of benzene rings is 1. The number of ether oxygens (including phenoxy) is 1. The van der Waals surface area contributed by atoms with Gasteiger partial charge in [-0.15, -0.1) is 0 Å². The standard InChI is InChI=1S/C21H33N3OS/c1-16-7-4-5-10-20(16)23(2)18-11-13-24(14-12-18)21(26)22-17-8-6-9-19(15-17)25-3/h6,8-9,15-16,18,20H,4-5,7,10-14H2,1-3H3,(H,22,26)/t16-,20-/m1/s1. The first kappa shape index (κ1) is 19.4. The highest BCUT2D eigenvalue weighted by Crippen LogP contribution is 2.30. The van der Waals surface area contributed by atoms with E-state index in [4.69, 9.17) is 17.0 Å². The Balaban J connectivity index is 1.50. The number of thiocarbonyl (C=S) groups is 1. The minimum Gasteiger partial charge on any atom is -0.497 e. The van der Waals surface area contributed by atoms with Crippen LogP contribution in [0.25, 0.3) is 0 Å². The average Bonchev–Trinajstić information content (AvgIpc) is 2.68. The monoisotopic (exact) mass is 375 g/mol. The number of nitrogens with one attached hydrogen (secondary N) is 1. The van der Waals surface area contributed by atoms with E-state index in [2.05, 4.69) is 29.1 Å². The number of likely N-dealkylation sites (tertiary alicyclic amines) is 1. The van der Waals surface area contributed by atoms with Crippen LogP contribution in [0.1, 0.15) is 45.4 Å². The lowest BCUT2D eigenvalue weighted by atomic mass is 9.84. The van der Waals surface area contributed by atoms with Gasteiger partial charge < -0.3 is 19.9 Å². The van der Waals surface area contributed by atoms with E-state index in [1.807, 2.05) is 24.3 Å². The van der Waals surface area contributed by atoms with Gasteiger partial charge in [-0.1, -0.05) is 25.8 Å². The summed E-state index contributed by atoms with van der Waals surface area (Å²) < 4.78 is 5.29. The number of nitrogens with zero attached hydrogens (tertiary/aromatic N) is 2. The van der Waals surface area contributed by atoms with E-state index in [1.165, 1.54) is 38.5 Å². The molecule has 2 atom stereocenters. The summed E-state index contributed by atoms with van der Waals surface area (Å²) in [7, 11) is 4.03. The van der Waals surface area contributed by atoms with Gasteiger partial charge in [0.15, 0.2) is 5.11 Å². The van der Waals surface area contributed by atoms with Crippen LogP contribution >= 0.6 is 12.2 Å². The van der Waals surface area contributed by atoms with Crippen LogP contribution in [-0.2, 0) is 0 Å². The van der Waals surface area contributed by atoms with Gasteiger partial charge in [0.05, 0.1) is 7.11 Å². The van der Waals surface area contributed by atoms with Crippen LogP contribution in [-0.4, -0.2) is 54.2 Å². The molecular formula is C21H33N3OS. The first-order chi connectivity index (χ1) is 12.6. The first-order valence-corrected chi connectivity index (χ1v) is 10.4. The maximum absolute atomic E-state index is 5.64. The maximum Gasteiger partial charge on any atom is 0.173 e. The summed E-state index contributed by atoms with van der Waals surface area (Å²) in [4.78, 5) is 4.99. The summed E-state index contributed by atoms with van der Waals surface area (Å²) in [6.45, 7) is 4.50. The number of piperidine rings is 1. The molecular weight excluding hydrogens is 342 g/mol. The Bertz CT molecular complexity index is 601. The summed E-state index contributed by atoms with van der Waals surface area (Å²) in [6.07, 6.45) is 7.95. The van der Waals surface area contributed by atoms with Crippen LogP contribution in [0.2, 0.25) is 0 Å². The van der Waals surface area contributed by atoms with Crippen LogP contribution in [0.3, 0.4) is 0 Å². The lowest BCUT2D eigenvalue weighted by Gasteiger charge is -2.44. The SMILES string of the molecule is COc1cccc(NC(=S)N2CCC(N(C)[C@@H]3CCCC[C@H]3C)CC2)c1. The number of methoxy groups -OCH3 is 1. The van der Waals surface area contributed by atoms with Gasteiger partial charge in [-0.2, -0.15) is 0 Å². The van der Waals surface area contributed by atoms with E-state index in [9.17, 15) is 0 Å². The van der Waals surface area contributed by atoms with Crippen LogP contribution < -0.4 is 10.1 Å². The Morgan fingerprint density at radius 1 is 1.19 bits per heavy atom. The van der Waals surface area contributed by atoms with Gasteiger partial charge in [0.25, 0.3) is 0 Å². The van der Waals surface area contributed by atoms with Gasteiger partial charge in [-0.05, 0) is 63.0 Å². The molecule has 1 saturated heterocycles. The molecule has 1 aromatic rings. The second kappa shape index (κ2) is 9.05. The van der Waals surface area contributed by atoms with Crippen LogP contribution in [0.15, 0.2) is 24.3 Å². The Morgan fingerprint density at radius 3 is 2.62 bits per heavy atom. The van der Waals surface area contributed by atoms with Gasteiger partial charge in [0.1, 0.15) is 5.75 Å². The fourth-order valence-electron chi connectivity index (χ4n) is 4.55. The third kappa shape index (κ3) is 4.68. The predicted octanol–water partition coefficient (Wildman–Crippen LogP) is 4.37. The summed E-state index contributed by atoms with van der Waals surface area (Å²) >= 11 is 5.64. The molecule has 1 aliphatic carbocycles. The van der Waals surface area contributed by atoms with Crippen molar-refractivity contribution in [3.63, 3.8) is 0 Å². The molecule has 0 amide bonds. The lowest BCUT2D eigenvalue weighted by molar-refractivity contribution is 0.0691. The fourth-order valence-corrected chi connectivity index (χ4v) is 4.85. The van der Waals surface area contributed by atoms with E-state index >= 15 is 0 Å². The van der Waals surface area contributed by atoms with Gasteiger partial charge in [-0.3, -0.25) is 0 Å². The summed E-state index contributed by atoms with van der Waals surface area (Å²) in [6, 6.07) is 9.40. The van der Waals surface area contributed by atoms with E-state index in [-0.39, 0.29) is 0 Å². The van der Waals surface area contributed by atoms with Crippen molar-refractivity contribution in [2.24, 2.45) is 5.92 Å². The molecule has 0 bridgehead atoms. The van der Waals surface area contributed by atoms with Gasteiger partial charge in [0, 0.05) is 36.9 Å². The largest absolute Gasteiger partial charge is 0.497 e. The van der Waals surface area contributed by atoms with Gasteiger partial charge in [-0.25, -0.2) is 0 Å². The number of hydrogen-bond acceptors (Lipinski definition) is 3. The predicted molar refractivity (Wildman–Crippen MR) is 113 cm³/mol. The van der Waals surface area contributed by atoms with E-state index in [0.29, 0.717) is 6.04 Å². The van der Waals surface area contributed by atoms with Crippen molar-refractivity contribution in [1.82, 2.24) is 9.80 Å². The summed E-state index contributed by atoms with van der Waals surface area (Å²) in [5.74, 6) is 1.68. The van der Waals surface area contributed by atoms with E-state index < -0.39 is 0 Å². The molecule has 26 heavy (non-hydrogen) atoms. The van der Waals surface area contributed by atoms with Crippen molar-refractivity contribution < 1.29 is 4.74 Å². The van der Waals surface area contributed by atoms with Gasteiger partial charge >= 0.3 is 0 Å². The molecule has 0 aromatic heterocycles. The van der Waals surface area contributed by atoms with Crippen LogP contribution in [0.4, 0.5) is 5.69 Å². The minimum absolute atomic E-state index is 0.691. The number of rotatable bonds is 4. The highest BCUT2D eigenvalue weighted by Gasteiger charge is 2.31. The van der Waals surface area contributed by atoms with E-state index in [1.54, 1.807) is 7.11 Å². The Kier molecular flexibility index (Phi) is 6.76. The number of hydrogen-bond donors (Lipinski definition) is 1. The quantitative estimate of drug-likeness (QED) is 0.789. The zero-order chi connectivity index (χ0) is 18.5. The molecule has 3 rings (SSSR count). The highest BCUT2D eigenvalue weighted by atomic mass is 32.1. The first-order valence-electron chi connectivity index (χ1n) is 10.0. The minimum atomic E-state index is 0.691. The number of anilines is 1. The van der Waals surface area contributed by atoms with E-state index in [0.717, 1.165) is 41.6 Å². The Hall–Kier alpha value is -1.33. The molecule has 0 spiro atoms. The summed E-state index contributed by atoms with van der Waals surface area (Å²) in [5.41, 5.74) is 0.990. The maximum atomic E-state index is 5.64. The molecule has 1 heterocycles. The molecule has 1 saturated carbocycles. The topological polar surface area (TPSA) is 27.7 Å². The van der Waals surface area contributed by atoms with Gasteiger partial charge in [0.2, 0.25) is 0 Å². The average molecular weight is 376 g/mol. The molecule has 2 fully saturated rings. The van der Waals surface area contributed by atoms with Crippen LogP contribution in [0.5, 0.6) is 5.75 Å². The molecule has 1 aliphatic heterocycles. The Labute approximate surface area is 163 Å². The van der Waals surface area contributed by atoms with Crippen molar-refractivity contribution >= 4 is 23.0 Å². The van der Waals surface area contributed by atoms with Crippen molar-refractivity contribution in [3.8, 4) is 5.75 Å². The molecule has 1 N–H and O–H groups in total.